The molecule has 0 atom stereocenters. The van der Waals surface area contributed by atoms with Crippen molar-refractivity contribution in [3.05, 3.63) is 46.9 Å². The number of nitrogens with one attached hydrogen (secondary N) is 1. The molecule has 0 fully saturated rings. The number of nitrogens with zero attached hydrogens (tertiary/aromatic N) is 1. The van der Waals surface area contributed by atoms with Crippen molar-refractivity contribution in [2.24, 2.45) is 10.7 Å². The van der Waals surface area contributed by atoms with Gasteiger partial charge in [-0.1, -0.05) is 56.6 Å². The normalized spacial score (nSPS) is 11.7. The molecule has 1 rings (SSSR count). The number of aliphatic imine (C=N–C) groups is 1. The molecule has 0 unspecified atom stereocenters. The molecule has 23 heavy (non-hydrogen) atoms. The van der Waals surface area contributed by atoms with Crippen molar-refractivity contribution in [2.75, 3.05) is 13.1 Å². The maximum Gasteiger partial charge on any atom is 0.199 e. The van der Waals surface area contributed by atoms with E-state index in [9.17, 15) is 4.79 Å². The first kappa shape index (κ1) is 19.8. The summed E-state index contributed by atoms with van der Waals surface area (Å²) in [5.74, 6) is -0.0961. The first-order valence-electron chi connectivity index (χ1n) is 7.57. The highest BCUT2D eigenvalue weighted by Gasteiger charge is 2.14. The molecule has 0 saturated carbocycles. The summed E-state index contributed by atoms with van der Waals surface area (Å²) in [6.45, 7) is 11.5. The molecule has 0 spiro atoms. The molecule has 1 aromatic carbocycles. The molecule has 6 heteroatoms. The summed E-state index contributed by atoms with van der Waals surface area (Å²) < 4.78 is 3.27. The number of nitrogens with two attached hydrogens (primary N) is 1. The second-order valence-corrected chi connectivity index (χ2v) is 7.89. The van der Waals surface area contributed by atoms with Crippen LogP contribution in [0.4, 0.5) is 0 Å². The largest absolute Gasteiger partial charge is 0.378 e. The molecule has 1 aromatic rings. The number of rotatable bonds is 9. The van der Waals surface area contributed by atoms with Gasteiger partial charge in [0.15, 0.2) is 11.0 Å². The first-order valence-corrected chi connectivity index (χ1v) is 9.27. The highest BCUT2D eigenvalue weighted by Crippen LogP contribution is 2.21. The van der Waals surface area contributed by atoms with Crippen LogP contribution in [-0.2, 0) is 0 Å². The van der Waals surface area contributed by atoms with Crippen molar-refractivity contribution in [2.45, 2.75) is 32.4 Å². The van der Waals surface area contributed by atoms with Crippen LogP contribution in [0.2, 0.25) is 0 Å². The number of carbonyl (C=O) groups excluding carboxylic acids is 1. The molecule has 0 aromatic heterocycles. The lowest BCUT2D eigenvalue weighted by atomic mass is 10.1. The van der Waals surface area contributed by atoms with Gasteiger partial charge in [-0.15, -0.1) is 0 Å². The summed E-state index contributed by atoms with van der Waals surface area (Å²) in [5.41, 5.74) is 7.46. The van der Waals surface area contributed by atoms with Crippen LogP contribution in [0.25, 0.3) is 0 Å². The number of Topliss-reactive ketones (excluding diaryl/α,β-unsaturated/α-hetero) is 1. The Morgan fingerprint density at radius 3 is 2.74 bits per heavy atom. The highest BCUT2D eigenvalue weighted by atomic mass is 32.2. The molecular weight excluding hydrogens is 326 g/mol. The zero-order valence-corrected chi connectivity index (χ0v) is 15.6. The van der Waals surface area contributed by atoms with E-state index in [1.54, 1.807) is 18.0 Å². The average molecular weight is 352 g/mol. The number of allylic oxidation sites excluding steroid dienone is 1. The molecule has 0 aliphatic carbocycles. The van der Waals surface area contributed by atoms with Gasteiger partial charge in [0, 0.05) is 23.9 Å². The van der Waals surface area contributed by atoms with E-state index in [0.717, 1.165) is 30.3 Å². The lowest BCUT2D eigenvalue weighted by Gasteiger charge is -2.07. The fourth-order valence-electron chi connectivity index (χ4n) is 1.75. The number of carbonyl (C=O) groups is 1. The minimum atomic E-state index is -0.0961. The standard InChI is InChI=1S/C17H25N3OS2/c1-12(2)23-20-11-7-10-19-17(18)22-14(4)16(21)15-9-6-5-8-13(15)3/h5-6,8-9,12,20H,4,7,10-11H2,1-3H3,(H2,18,19). The molecule has 0 heterocycles. The smallest absolute Gasteiger partial charge is 0.199 e. The number of ketones is 1. The third-order valence-corrected chi connectivity index (χ3v) is 4.51. The van der Waals surface area contributed by atoms with Gasteiger partial charge in [-0.05, 0) is 30.7 Å². The summed E-state index contributed by atoms with van der Waals surface area (Å²) in [6.07, 6.45) is 0.902. The van der Waals surface area contributed by atoms with Crippen LogP contribution in [0, 0.1) is 6.92 Å². The van der Waals surface area contributed by atoms with E-state index < -0.39 is 0 Å². The number of amidine groups is 1. The van der Waals surface area contributed by atoms with E-state index in [1.807, 2.05) is 25.1 Å². The maximum atomic E-state index is 12.3. The Hall–Kier alpha value is -1.24. The Morgan fingerprint density at radius 2 is 2.09 bits per heavy atom. The fourth-order valence-corrected chi connectivity index (χ4v) is 2.96. The predicted molar refractivity (Wildman–Crippen MR) is 104 cm³/mol. The molecular formula is C17H25N3OS2. The summed E-state index contributed by atoms with van der Waals surface area (Å²) in [7, 11) is 0. The number of thioether (sulfide) groups is 1. The lowest BCUT2D eigenvalue weighted by Crippen LogP contribution is -2.13. The molecule has 126 valence electrons. The van der Waals surface area contributed by atoms with Gasteiger partial charge in [-0.25, -0.2) is 0 Å². The van der Waals surface area contributed by atoms with Gasteiger partial charge in [-0.2, -0.15) is 0 Å². The minimum Gasteiger partial charge on any atom is -0.378 e. The highest BCUT2D eigenvalue weighted by molar-refractivity contribution is 8.17. The lowest BCUT2D eigenvalue weighted by molar-refractivity contribution is 0.104. The van der Waals surface area contributed by atoms with E-state index in [4.69, 9.17) is 5.73 Å². The van der Waals surface area contributed by atoms with Gasteiger partial charge in [-0.3, -0.25) is 14.5 Å². The molecule has 0 bridgehead atoms. The Balaban J connectivity index is 2.40. The Bertz CT molecular complexity index is 571. The summed E-state index contributed by atoms with van der Waals surface area (Å²) in [4.78, 5) is 17.0. The summed E-state index contributed by atoms with van der Waals surface area (Å²) in [6, 6.07) is 7.46. The number of hydrogen-bond acceptors (Lipinski definition) is 5. The van der Waals surface area contributed by atoms with Gasteiger partial charge in [0.05, 0.1) is 4.91 Å². The SMILES string of the molecule is C=C(SC(N)=NCCCNSC(C)C)C(=O)c1ccccc1C. The molecule has 3 N–H and O–H groups in total. The van der Waals surface area contributed by atoms with Crippen molar-refractivity contribution >= 4 is 34.7 Å². The van der Waals surface area contributed by atoms with Crippen LogP contribution in [0.15, 0.2) is 40.7 Å². The van der Waals surface area contributed by atoms with Crippen molar-refractivity contribution in [1.29, 1.82) is 0 Å². The van der Waals surface area contributed by atoms with Gasteiger partial charge in [0.1, 0.15) is 0 Å². The molecule has 0 saturated heterocycles. The fraction of sp³-hybridized carbons (Fsp3) is 0.412. The van der Waals surface area contributed by atoms with E-state index in [1.165, 1.54) is 0 Å². The van der Waals surface area contributed by atoms with E-state index in [2.05, 4.69) is 30.1 Å². The van der Waals surface area contributed by atoms with Crippen LogP contribution < -0.4 is 10.5 Å². The maximum absolute atomic E-state index is 12.3. The van der Waals surface area contributed by atoms with Crippen LogP contribution in [0.3, 0.4) is 0 Å². The van der Waals surface area contributed by atoms with E-state index >= 15 is 0 Å². The molecule has 4 nitrogen and oxygen atoms in total. The first-order chi connectivity index (χ1) is 10.9. The Kier molecular flexibility index (Phi) is 9.06. The van der Waals surface area contributed by atoms with Gasteiger partial charge in [0.25, 0.3) is 0 Å². The van der Waals surface area contributed by atoms with Crippen LogP contribution >= 0.6 is 23.7 Å². The zero-order chi connectivity index (χ0) is 17.2. The number of hydrogen-bond donors (Lipinski definition) is 2. The van der Waals surface area contributed by atoms with Gasteiger partial charge < -0.3 is 5.73 Å². The third kappa shape index (κ3) is 7.72. The molecule has 0 radical (unpaired) electrons. The monoisotopic (exact) mass is 351 g/mol. The quantitative estimate of drug-likeness (QED) is 0.177. The van der Waals surface area contributed by atoms with Crippen LogP contribution in [0.1, 0.15) is 36.2 Å². The van der Waals surface area contributed by atoms with Crippen LogP contribution in [0.5, 0.6) is 0 Å². The minimum absolute atomic E-state index is 0.0961. The Labute approximate surface area is 147 Å². The summed E-state index contributed by atoms with van der Waals surface area (Å²) in [5, 5.41) is 0.948. The van der Waals surface area contributed by atoms with E-state index in [-0.39, 0.29) is 5.78 Å². The Morgan fingerprint density at radius 1 is 1.39 bits per heavy atom. The molecule has 0 aliphatic rings. The van der Waals surface area contributed by atoms with E-state index in [0.29, 0.717) is 27.4 Å². The van der Waals surface area contributed by atoms with Gasteiger partial charge >= 0.3 is 0 Å². The number of benzene rings is 1. The second kappa shape index (κ2) is 10.5. The molecule has 0 aliphatic heterocycles. The van der Waals surface area contributed by atoms with Crippen molar-refractivity contribution < 1.29 is 4.79 Å². The van der Waals surface area contributed by atoms with Crippen molar-refractivity contribution in [1.82, 2.24) is 4.72 Å². The van der Waals surface area contributed by atoms with Crippen LogP contribution in [-0.4, -0.2) is 29.3 Å². The third-order valence-electron chi connectivity index (χ3n) is 2.89. The number of aryl methyl sites for hydroxylation is 1. The van der Waals surface area contributed by atoms with Crippen molar-refractivity contribution in [3.8, 4) is 0 Å². The van der Waals surface area contributed by atoms with Crippen molar-refractivity contribution in [3.63, 3.8) is 0 Å². The second-order valence-electron chi connectivity index (χ2n) is 5.30. The molecule has 0 amide bonds. The topological polar surface area (TPSA) is 67.5 Å². The predicted octanol–water partition coefficient (Wildman–Crippen LogP) is 3.78. The zero-order valence-electron chi connectivity index (χ0n) is 14.0. The average Bonchev–Trinajstić information content (AvgIpc) is 2.50. The summed E-state index contributed by atoms with van der Waals surface area (Å²) >= 11 is 2.85. The van der Waals surface area contributed by atoms with Gasteiger partial charge in [0.2, 0.25) is 0 Å².